The highest BCUT2D eigenvalue weighted by molar-refractivity contribution is 8.01. The summed E-state index contributed by atoms with van der Waals surface area (Å²) in [5.41, 5.74) is 2.70. The second kappa shape index (κ2) is 9.22. The number of nitriles is 1. The second-order valence-corrected chi connectivity index (χ2v) is 10.4. The molecule has 2 aromatic heterocycles. The molecule has 6 nitrogen and oxygen atoms in total. The van der Waals surface area contributed by atoms with E-state index in [-0.39, 0.29) is 24.3 Å². The summed E-state index contributed by atoms with van der Waals surface area (Å²) in [6.07, 6.45) is 0.142. The molecule has 0 bridgehead atoms. The molecule has 1 saturated heterocycles. The molecule has 1 aliphatic heterocycles. The zero-order valence-electron chi connectivity index (χ0n) is 17.0. The molecule has 9 heteroatoms. The molecule has 158 valence electrons. The number of aryl methyl sites for hydroxylation is 2. The van der Waals surface area contributed by atoms with Gasteiger partial charge in [0.1, 0.15) is 0 Å². The minimum atomic E-state index is -0.521. The summed E-state index contributed by atoms with van der Waals surface area (Å²) in [5, 5.41) is 14.2. The van der Waals surface area contributed by atoms with Crippen LogP contribution in [0.2, 0.25) is 0 Å². The van der Waals surface area contributed by atoms with Gasteiger partial charge in [0.05, 0.1) is 33.7 Å². The van der Waals surface area contributed by atoms with Crippen molar-refractivity contribution in [2.24, 2.45) is 5.92 Å². The third-order valence-corrected chi connectivity index (χ3v) is 8.30. The van der Waals surface area contributed by atoms with Gasteiger partial charge in [0.15, 0.2) is 5.13 Å². The molecular weight excluding hydrogens is 448 g/mol. The van der Waals surface area contributed by atoms with E-state index in [4.69, 9.17) is 5.26 Å². The predicted molar refractivity (Wildman–Crippen MR) is 126 cm³/mol. The fourth-order valence-electron chi connectivity index (χ4n) is 3.63. The average molecular weight is 469 g/mol. The van der Waals surface area contributed by atoms with Crippen LogP contribution in [0.1, 0.15) is 28.6 Å². The quantitative estimate of drug-likeness (QED) is 0.505. The molecule has 0 aliphatic carbocycles. The fourth-order valence-corrected chi connectivity index (χ4v) is 6.31. The average Bonchev–Trinajstić information content (AvgIpc) is 3.46. The van der Waals surface area contributed by atoms with Gasteiger partial charge in [-0.05, 0) is 37.4 Å². The Morgan fingerprint density at radius 2 is 2.10 bits per heavy atom. The molecule has 2 atom stereocenters. The van der Waals surface area contributed by atoms with Crippen molar-refractivity contribution in [3.05, 3.63) is 57.9 Å². The smallest absolute Gasteiger partial charge is 0.232 e. The number of hydrogen-bond acceptors (Lipinski definition) is 7. The zero-order valence-corrected chi connectivity index (χ0v) is 19.4. The summed E-state index contributed by atoms with van der Waals surface area (Å²) in [5.74, 6) is -0.471. The van der Waals surface area contributed by atoms with Gasteiger partial charge in [-0.15, -0.1) is 11.3 Å². The highest BCUT2D eigenvalue weighted by Gasteiger charge is 2.46. The van der Waals surface area contributed by atoms with Gasteiger partial charge >= 0.3 is 0 Å². The molecule has 0 spiro atoms. The Morgan fingerprint density at radius 3 is 2.77 bits per heavy atom. The van der Waals surface area contributed by atoms with E-state index in [1.54, 1.807) is 16.2 Å². The van der Waals surface area contributed by atoms with Crippen LogP contribution in [-0.2, 0) is 9.59 Å². The van der Waals surface area contributed by atoms with E-state index in [0.717, 1.165) is 26.0 Å². The van der Waals surface area contributed by atoms with E-state index < -0.39 is 5.92 Å². The molecule has 1 aliphatic rings. The molecule has 0 radical (unpaired) electrons. The van der Waals surface area contributed by atoms with E-state index >= 15 is 0 Å². The number of benzene rings is 1. The minimum absolute atomic E-state index is 0.0667. The maximum Gasteiger partial charge on any atom is 0.232 e. The van der Waals surface area contributed by atoms with Crippen LogP contribution in [0.5, 0.6) is 0 Å². The number of thiazole rings is 1. The highest BCUT2D eigenvalue weighted by atomic mass is 32.2. The molecule has 1 fully saturated rings. The lowest BCUT2D eigenvalue weighted by Crippen LogP contribution is -2.31. The highest BCUT2D eigenvalue weighted by Crippen LogP contribution is 2.43. The van der Waals surface area contributed by atoms with Crippen molar-refractivity contribution in [2.75, 3.05) is 16.0 Å². The second-order valence-electron chi connectivity index (χ2n) is 7.20. The minimum Gasteiger partial charge on any atom is -0.303 e. The Balaban J connectivity index is 1.61. The maximum absolute atomic E-state index is 13.3. The maximum atomic E-state index is 13.3. The lowest BCUT2D eigenvalue weighted by atomic mass is 9.97. The number of thioether (sulfide) groups is 1. The van der Waals surface area contributed by atoms with Gasteiger partial charge in [0.25, 0.3) is 0 Å². The van der Waals surface area contributed by atoms with Crippen LogP contribution in [0.25, 0.3) is 0 Å². The first-order chi connectivity index (χ1) is 15.0. The number of rotatable bonds is 6. The third kappa shape index (κ3) is 4.51. The van der Waals surface area contributed by atoms with Crippen LogP contribution in [0.3, 0.4) is 0 Å². The zero-order chi connectivity index (χ0) is 22.0. The molecule has 2 unspecified atom stereocenters. The van der Waals surface area contributed by atoms with Gasteiger partial charge in [0, 0.05) is 17.0 Å². The first-order valence-corrected chi connectivity index (χ1v) is 12.4. The van der Waals surface area contributed by atoms with E-state index in [0.29, 0.717) is 10.9 Å². The Labute approximate surface area is 192 Å². The SMILES string of the molecule is Cc1ccc(N2C(=O)CC(C(=O)Nc3nc(C)c(SCC#N)s3)C2c2cccs2)cc1. The van der Waals surface area contributed by atoms with Crippen molar-refractivity contribution in [1.29, 1.82) is 5.26 Å². The Kier molecular flexibility index (Phi) is 6.41. The van der Waals surface area contributed by atoms with Gasteiger partial charge in [-0.2, -0.15) is 5.26 Å². The molecule has 3 aromatic rings. The lowest BCUT2D eigenvalue weighted by molar-refractivity contribution is -0.122. The lowest BCUT2D eigenvalue weighted by Gasteiger charge is -2.27. The van der Waals surface area contributed by atoms with Crippen LogP contribution >= 0.6 is 34.4 Å². The van der Waals surface area contributed by atoms with Crippen LogP contribution in [0.4, 0.5) is 10.8 Å². The first-order valence-electron chi connectivity index (χ1n) is 9.68. The van der Waals surface area contributed by atoms with E-state index in [2.05, 4.69) is 16.4 Å². The number of nitrogens with zero attached hydrogens (tertiary/aromatic N) is 3. The number of anilines is 2. The Hall–Kier alpha value is -2.67. The van der Waals surface area contributed by atoms with Gasteiger partial charge in [-0.1, -0.05) is 46.9 Å². The largest absolute Gasteiger partial charge is 0.303 e. The summed E-state index contributed by atoms with van der Waals surface area (Å²) in [4.78, 5) is 33.4. The summed E-state index contributed by atoms with van der Waals surface area (Å²) in [6, 6.07) is 13.5. The molecule has 4 rings (SSSR count). The predicted octanol–water partition coefficient (Wildman–Crippen LogP) is 5.17. The fraction of sp³-hybridized carbons (Fsp3) is 0.273. The van der Waals surface area contributed by atoms with Crippen LogP contribution < -0.4 is 10.2 Å². The van der Waals surface area contributed by atoms with E-state index in [1.807, 2.05) is 55.6 Å². The molecule has 1 N–H and O–H groups in total. The van der Waals surface area contributed by atoms with Crippen LogP contribution in [0.15, 0.2) is 46.0 Å². The monoisotopic (exact) mass is 468 g/mol. The van der Waals surface area contributed by atoms with Crippen molar-refractivity contribution in [3.63, 3.8) is 0 Å². The van der Waals surface area contributed by atoms with E-state index in [9.17, 15) is 9.59 Å². The number of aromatic nitrogens is 1. The number of carbonyl (C=O) groups excluding carboxylic acids is 2. The Bertz CT molecular complexity index is 1130. The standard InChI is InChI=1S/C22H20N4O2S3/c1-13-5-7-15(8-6-13)26-18(27)12-16(19(26)17-4-3-10-29-17)20(28)25-22-24-14(2)21(31-22)30-11-9-23/h3-8,10,16,19H,11-12H2,1-2H3,(H,24,25,28). The first kappa shape index (κ1) is 21.6. The van der Waals surface area contributed by atoms with E-state index in [1.165, 1.54) is 23.1 Å². The molecule has 2 amide bonds. The normalized spacial score (nSPS) is 18.2. The van der Waals surface area contributed by atoms with Crippen molar-refractivity contribution >= 4 is 57.1 Å². The van der Waals surface area contributed by atoms with Crippen molar-refractivity contribution in [3.8, 4) is 6.07 Å². The van der Waals surface area contributed by atoms with Crippen molar-refractivity contribution < 1.29 is 9.59 Å². The molecular formula is C22H20N4O2S3. The molecule has 31 heavy (non-hydrogen) atoms. The van der Waals surface area contributed by atoms with Gasteiger partial charge in [-0.3, -0.25) is 9.59 Å². The number of amides is 2. The molecule has 1 aromatic carbocycles. The van der Waals surface area contributed by atoms with Gasteiger partial charge in [0.2, 0.25) is 11.8 Å². The van der Waals surface area contributed by atoms with Gasteiger partial charge < -0.3 is 10.2 Å². The number of nitrogens with one attached hydrogen (secondary N) is 1. The van der Waals surface area contributed by atoms with Crippen molar-refractivity contribution in [2.45, 2.75) is 30.5 Å². The third-order valence-electron chi connectivity index (χ3n) is 5.06. The summed E-state index contributed by atoms with van der Waals surface area (Å²) < 4.78 is 0.912. The Morgan fingerprint density at radius 1 is 1.32 bits per heavy atom. The number of carbonyl (C=O) groups is 2. The topological polar surface area (TPSA) is 86.1 Å². The number of hydrogen-bond donors (Lipinski definition) is 1. The molecule has 3 heterocycles. The summed E-state index contributed by atoms with van der Waals surface area (Å²) in [7, 11) is 0. The van der Waals surface area contributed by atoms with Crippen LogP contribution in [-0.4, -0.2) is 22.6 Å². The molecule has 0 saturated carbocycles. The number of thiophene rings is 1. The summed E-state index contributed by atoms with van der Waals surface area (Å²) >= 11 is 4.31. The van der Waals surface area contributed by atoms with Crippen LogP contribution in [0, 0.1) is 31.1 Å². The summed E-state index contributed by atoms with van der Waals surface area (Å²) in [6.45, 7) is 3.86. The van der Waals surface area contributed by atoms with Crippen molar-refractivity contribution in [1.82, 2.24) is 4.98 Å². The van der Waals surface area contributed by atoms with Gasteiger partial charge in [-0.25, -0.2) is 4.98 Å².